The first-order valence-corrected chi connectivity index (χ1v) is 6.53. The monoisotopic (exact) mass is 239 g/mol. The molecule has 0 amide bonds. The van der Waals surface area contributed by atoms with Crippen molar-refractivity contribution in [1.29, 1.82) is 0 Å². The van der Waals surface area contributed by atoms with Gasteiger partial charge in [0.05, 0.1) is 5.69 Å². The lowest BCUT2D eigenvalue weighted by Gasteiger charge is -2.13. The van der Waals surface area contributed by atoms with Crippen molar-refractivity contribution in [3.63, 3.8) is 0 Å². The molecule has 1 aromatic heterocycles. The minimum Gasteiger partial charge on any atom is -0.396 e. The van der Waals surface area contributed by atoms with E-state index in [1.807, 2.05) is 10.9 Å². The highest BCUT2D eigenvalue weighted by Crippen LogP contribution is 2.07. The Morgan fingerprint density at radius 2 is 2.24 bits per heavy atom. The summed E-state index contributed by atoms with van der Waals surface area (Å²) in [6, 6.07) is 2.47. The van der Waals surface area contributed by atoms with Gasteiger partial charge >= 0.3 is 0 Å². The lowest BCUT2D eigenvalue weighted by Crippen LogP contribution is -2.23. The summed E-state index contributed by atoms with van der Waals surface area (Å²) in [4.78, 5) is 0. The Morgan fingerprint density at radius 1 is 1.47 bits per heavy atom. The number of nitrogens with zero attached hydrogens (tertiary/aromatic N) is 2. The molecule has 0 aliphatic carbocycles. The van der Waals surface area contributed by atoms with Gasteiger partial charge in [-0.1, -0.05) is 13.3 Å². The van der Waals surface area contributed by atoms with Crippen molar-refractivity contribution in [2.45, 2.75) is 46.2 Å². The summed E-state index contributed by atoms with van der Waals surface area (Å²) >= 11 is 0. The van der Waals surface area contributed by atoms with E-state index in [2.05, 4.69) is 37.3 Å². The van der Waals surface area contributed by atoms with Crippen LogP contribution >= 0.6 is 0 Å². The molecule has 2 N–H and O–H groups in total. The molecule has 17 heavy (non-hydrogen) atoms. The minimum atomic E-state index is 0.280. The average molecular weight is 239 g/mol. The Bertz CT molecular complexity index is 309. The third kappa shape index (κ3) is 4.88. The zero-order valence-corrected chi connectivity index (χ0v) is 11.2. The Kier molecular flexibility index (Phi) is 6.22. The average Bonchev–Trinajstić information content (AvgIpc) is 2.77. The molecule has 0 spiro atoms. The third-order valence-corrected chi connectivity index (χ3v) is 3.05. The van der Waals surface area contributed by atoms with Crippen LogP contribution in [0.25, 0.3) is 0 Å². The van der Waals surface area contributed by atoms with Gasteiger partial charge in [-0.15, -0.1) is 0 Å². The summed E-state index contributed by atoms with van der Waals surface area (Å²) in [6.45, 7) is 8.45. The molecule has 1 unspecified atom stereocenters. The highest BCUT2D eigenvalue weighted by Gasteiger charge is 2.06. The normalized spacial score (nSPS) is 13.2. The number of hydrogen-bond acceptors (Lipinski definition) is 3. The van der Waals surface area contributed by atoms with Crippen molar-refractivity contribution in [2.75, 3.05) is 13.2 Å². The van der Waals surface area contributed by atoms with Crippen LogP contribution in [-0.2, 0) is 6.54 Å². The fourth-order valence-electron chi connectivity index (χ4n) is 1.80. The molecule has 0 fully saturated rings. The molecule has 1 aromatic rings. The molecular formula is C13H25N3O. The van der Waals surface area contributed by atoms with Crippen molar-refractivity contribution in [3.05, 3.63) is 18.0 Å². The highest BCUT2D eigenvalue weighted by atomic mass is 16.3. The molecule has 4 nitrogen and oxygen atoms in total. The van der Waals surface area contributed by atoms with Gasteiger partial charge in [-0.25, -0.2) is 0 Å². The van der Waals surface area contributed by atoms with Crippen molar-refractivity contribution < 1.29 is 5.11 Å². The summed E-state index contributed by atoms with van der Waals surface area (Å²) in [7, 11) is 0. The van der Waals surface area contributed by atoms with Gasteiger partial charge in [0.2, 0.25) is 0 Å². The Balaban J connectivity index is 2.29. The molecule has 0 aromatic carbocycles. The van der Waals surface area contributed by atoms with Crippen LogP contribution in [-0.4, -0.2) is 28.0 Å². The van der Waals surface area contributed by atoms with Crippen LogP contribution < -0.4 is 5.32 Å². The van der Waals surface area contributed by atoms with Crippen LogP contribution in [0.2, 0.25) is 0 Å². The molecule has 98 valence electrons. The topological polar surface area (TPSA) is 50.1 Å². The maximum Gasteiger partial charge on any atom is 0.0762 e. The van der Waals surface area contributed by atoms with Gasteiger partial charge in [-0.05, 0) is 38.8 Å². The Morgan fingerprint density at radius 3 is 2.76 bits per heavy atom. The molecule has 4 heteroatoms. The zero-order chi connectivity index (χ0) is 12.7. The van der Waals surface area contributed by atoms with Gasteiger partial charge in [-0.3, -0.25) is 4.68 Å². The van der Waals surface area contributed by atoms with E-state index in [0.29, 0.717) is 12.0 Å². The molecule has 0 radical (unpaired) electrons. The Hall–Kier alpha value is -0.870. The van der Waals surface area contributed by atoms with Gasteiger partial charge in [0, 0.05) is 25.4 Å². The fourth-order valence-corrected chi connectivity index (χ4v) is 1.80. The van der Waals surface area contributed by atoms with Crippen LogP contribution in [0.5, 0.6) is 0 Å². The predicted molar refractivity (Wildman–Crippen MR) is 69.8 cm³/mol. The Labute approximate surface area is 104 Å². The first-order chi connectivity index (χ1) is 8.17. The summed E-state index contributed by atoms with van der Waals surface area (Å²) in [5, 5.41) is 16.8. The van der Waals surface area contributed by atoms with Crippen molar-refractivity contribution in [1.82, 2.24) is 15.1 Å². The third-order valence-electron chi connectivity index (χ3n) is 3.05. The van der Waals surface area contributed by atoms with Crippen LogP contribution in [0.1, 0.15) is 45.3 Å². The molecule has 1 heterocycles. The summed E-state index contributed by atoms with van der Waals surface area (Å²) in [6.07, 6.45) is 4.00. The van der Waals surface area contributed by atoms with E-state index in [1.165, 1.54) is 0 Å². The van der Waals surface area contributed by atoms with E-state index in [1.54, 1.807) is 0 Å². The number of aliphatic hydroxyl groups excluding tert-OH is 1. The number of rotatable bonds is 8. The van der Waals surface area contributed by atoms with E-state index in [4.69, 9.17) is 5.11 Å². The number of hydrogen-bond donors (Lipinski definition) is 2. The van der Waals surface area contributed by atoms with E-state index in [0.717, 1.165) is 31.6 Å². The molecule has 0 saturated heterocycles. The second-order valence-corrected chi connectivity index (χ2v) is 4.80. The molecule has 0 aliphatic rings. The SMILES string of the molecule is CCC(CCO)CNCc1ccn(C(C)C)n1. The van der Waals surface area contributed by atoms with E-state index in [-0.39, 0.29) is 6.61 Å². The van der Waals surface area contributed by atoms with Crippen molar-refractivity contribution in [3.8, 4) is 0 Å². The van der Waals surface area contributed by atoms with Gasteiger partial charge in [0.1, 0.15) is 0 Å². The maximum atomic E-state index is 8.91. The molecular weight excluding hydrogens is 214 g/mol. The quantitative estimate of drug-likeness (QED) is 0.729. The van der Waals surface area contributed by atoms with Crippen LogP contribution in [0.15, 0.2) is 12.3 Å². The number of nitrogens with one attached hydrogen (secondary N) is 1. The van der Waals surface area contributed by atoms with Gasteiger partial charge in [0.15, 0.2) is 0 Å². The second-order valence-electron chi connectivity index (χ2n) is 4.80. The van der Waals surface area contributed by atoms with Gasteiger partial charge < -0.3 is 10.4 Å². The molecule has 0 bridgehead atoms. The minimum absolute atomic E-state index is 0.280. The fraction of sp³-hybridized carbons (Fsp3) is 0.769. The van der Waals surface area contributed by atoms with Crippen LogP contribution in [0.4, 0.5) is 0 Å². The molecule has 0 saturated carbocycles. The molecule has 1 atom stereocenters. The second kappa shape index (κ2) is 7.45. The van der Waals surface area contributed by atoms with Crippen molar-refractivity contribution >= 4 is 0 Å². The lowest BCUT2D eigenvalue weighted by atomic mass is 10.0. The molecule has 0 aliphatic heterocycles. The van der Waals surface area contributed by atoms with E-state index < -0.39 is 0 Å². The predicted octanol–water partition coefficient (Wildman–Crippen LogP) is 1.96. The smallest absolute Gasteiger partial charge is 0.0762 e. The summed E-state index contributed by atoms with van der Waals surface area (Å²) < 4.78 is 1.97. The van der Waals surface area contributed by atoms with Crippen LogP contribution in [0.3, 0.4) is 0 Å². The standard InChI is InChI=1S/C13H25N3O/c1-4-12(6-8-17)9-14-10-13-5-7-16(15-13)11(2)3/h5,7,11-12,14,17H,4,6,8-10H2,1-3H3. The van der Waals surface area contributed by atoms with Gasteiger partial charge in [-0.2, -0.15) is 5.10 Å². The zero-order valence-electron chi connectivity index (χ0n) is 11.2. The van der Waals surface area contributed by atoms with Gasteiger partial charge in [0.25, 0.3) is 0 Å². The first-order valence-electron chi connectivity index (χ1n) is 6.53. The van der Waals surface area contributed by atoms with Crippen LogP contribution in [0, 0.1) is 5.92 Å². The van der Waals surface area contributed by atoms with E-state index in [9.17, 15) is 0 Å². The number of aliphatic hydroxyl groups is 1. The first kappa shape index (κ1) is 14.2. The van der Waals surface area contributed by atoms with E-state index >= 15 is 0 Å². The maximum absolute atomic E-state index is 8.91. The van der Waals surface area contributed by atoms with Crippen molar-refractivity contribution in [2.24, 2.45) is 5.92 Å². The largest absolute Gasteiger partial charge is 0.396 e. The molecule has 1 rings (SSSR count). The lowest BCUT2D eigenvalue weighted by molar-refractivity contribution is 0.251. The highest BCUT2D eigenvalue weighted by molar-refractivity contribution is 4.99. The summed E-state index contributed by atoms with van der Waals surface area (Å²) in [5.41, 5.74) is 1.08. The summed E-state index contributed by atoms with van der Waals surface area (Å²) in [5.74, 6) is 0.562. The number of aromatic nitrogens is 2.